The van der Waals surface area contributed by atoms with E-state index in [1.807, 2.05) is 0 Å². The van der Waals surface area contributed by atoms with Crippen molar-refractivity contribution in [3.8, 4) is 5.75 Å². The molecular weight excluding hydrogens is 476 g/mol. The molecule has 0 bridgehead atoms. The molecule has 0 radical (unpaired) electrons. The number of fused-ring (bicyclic) bond motifs is 1. The summed E-state index contributed by atoms with van der Waals surface area (Å²) >= 11 is 6.35. The third-order valence-corrected chi connectivity index (χ3v) is 9.21. The Bertz CT molecular complexity index is 1480. The lowest BCUT2D eigenvalue weighted by atomic mass is 9.98. The summed E-state index contributed by atoms with van der Waals surface area (Å²) in [5.41, 5.74) is 2.14. The number of carbonyl (C=O) groups excluding carboxylic acids is 1. The van der Waals surface area contributed by atoms with E-state index in [-0.39, 0.29) is 29.2 Å². The van der Waals surface area contributed by atoms with Gasteiger partial charge in [-0.05, 0) is 63.3 Å². The highest BCUT2D eigenvalue weighted by molar-refractivity contribution is 7.91. The average Bonchev–Trinajstić information content (AvgIpc) is 3.49. The van der Waals surface area contributed by atoms with Crippen molar-refractivity contribution in [3.63, 3.8) is 0 Å². The average molecular weight is 503 g/mol. The second-order valence-electron chi connectivity index (χ2n) is 8.89. The lowest BCUT2D eigenvalue weighted by molar-refractivity contribution is 0.0984. The number of aromatic nitrogens is 2. The van der Waals surface area contributed by atoms with Crippen LogP contribution in [-0.2, 0) is 16.4 Å². The fraction of sp³-hybridized carbons (Fsp3) is 0.360. The van der Waals surface area contributed by atoms with Gasteiger partial charge in [0.05, 0.1) is 22.9 Å². The molecule has 4 rings (SSSR count). The summed E-state index contributed by atoms with van der Waals surface area (Å²) in [7, 11) is -2.24. The molecule has 0 spiro atoms. The summed E-state index contributed by atoms with van der Waals surface area (Å²) in [4.78, 5) is 28.4. The van der Waals surface area contributed by atoms with Crippen LogP contribution in [0.1, 0.15) is 52.9 Å². The number of nitrogens with one attached hydrogen (secondary N) is 1. The van der Waals surface area contributed by atoms with E-state index >= 15 is 0 Å². The molecule has 1 aromatic carbocycles. The van der Waals surface area contributed by atoms with Crippen LogP contribution in [-0.4, -0.2) is 35.0 Å². The number of Topliss-reactive ketones (excluding diaryl/α,β-unsaturated/α-hetero) is 1. The fourth-order valence-corrected chi connectivity index (χ4v) is 6.84. The lowest BCUT2D eigenvalue weighted by Gasteiger charge is -2.16. The molecule has 9 heteroatoms. The quantitative estimate of drug-likeness (QED) is 0.337. The van der Waals surface area contributed by atoms with Gasteiger partial charge in [0.1, 0.15) is 5.75 Å². The first-order chi connectivity index (χ1) is 16.0. The Morgan fingerprint density at radius 2 is 2.00 bits per heavy atom. The SMILES string of the molecule is C=CCC1(S(=O)(=O)n2cc(C)c3c(C(=O)CCc4c(OC)cc(C)[nH]c4=O)cc(Cl)cc32)CC1. The van der Waals surface area contributed by atoms with E-state index in [2.05, 4.69) is 11.6 Å². The van der Waals surface area contributed by atoms with E-state index < -0.39 is 14.8 Å². The summed E-state index contributed by atoms with van der Waals surface area (Å²) in [5, 5.41) is 0.821. The third-order valence-electron chi connectivity index (χ3n) is 6.51. The van der Waals surface area contributed by atoms with Gasteiger partial charge in [0.15, 0.2) is 5.78 Å². The molecule has 0 amide bonds. The highest BCUT2D eigenvalue weighted by Crippen LogP contribution is 2.48. The van der Waals surface area contributed by atoms with Gasteiger partial charge >= 0.3 is 0 Å². The van der Waals surface area contributed by atoms with E-state index in [1.54, 1.807) is 44.3 Å². The molecule has 7 nitrogen and oxygen atoms in total. The number of aromatic amines is 1. The highest BCUT2D eigenvalue weighted by atomic mass is 35.5. The molecule has 1 N–H and O–H groups in total. The van der Waals surface area contributed by atoms with Crippen LogP contribution < -0.4 is 10.3 Å². The predicted molar refractivity (Wildman–Crippen MR) is 134 cm³/mol. The number of rotatable bonds is 9. The maximum atomic E-state index is 13.5. The van der Waals surface area contributed by atoms with Crippen molar-refractivity contribution in [1.29, 1.82) is 0 Å². The van der Waals surface area contributed by atoms with Crippen LogP contribution in [0, 0.1) is 13.8 Å². The van der Waals surface area contributed by atoms with Gasteiger partial charge < -0.3 is 9.72 Å². The van der Waals surface area contributed by atoms with Gasteiger partial charge in [0.25, 0.3) is 5.56 Å². The van der Waals surface area contributed by atoms with Crippen LogP contribution in [0.2, 0.25) is 5.02 Å². The number of methoxy groups -OCH3 is 1. The smallest absolute Gasteiger partial charge is 0.255 e. The number of hydrogen-bond donors (Lipinski definition) is 1. The molecule has 0 aliphatic heterocycles. The molecule has 1 saturated carbocycles. The maximum absolute atomic E-state index is 13.5. The van der Waals surface area contributed by atoms with Crippen molar-refractivity contribution in [2.24, 2.45) is 0 Å². The van der Waals surface area contributed by atoms with Crippen LogP contribution in [0.4, 0.5) is 0 Å². The second-order valence-corrected chi connectivity index (χ2v) is 11.5. The van der Waals surface area contributed by atoms with E-state index in [4.69, 9.17) is 16.3 Å². The van der Waals surface area contributed by atoms with Gasteiger partial charge in [-0.15, -0.1) is 6.58 Å². The van der Waals surface area contributed by atoms with Gasteiger partial charge in [-0.3, -0.25) is 9.59 Å². The van der Waals surface area contributed by atoms with Crippen LogP contribution in [0.5, 0.6) is 5.75 Å². The van der Waals surface area contributed by atoms with Crippen LogP contribution in [0.15, 0.2) is 41.8 Å². The first kappa shape index (κ1) is 24.3. The number of allylic oxidation sites excluding steroid dienone is 1. The molecule has 1 aliphatic carbocycles. The monoisotopic (exact) mass is 502 g/mol. The Morgan fingerprint density at radius 3 is 2.62 bits per heavy atom. The molecule has 0 saturated heterocycles. The fourth-order valence-electron chi connectivity index (χ4n) is 4.57. The number of hydrogen-bond acceptors (Lipinski definition) is 5. The molecule has 2 aromatic heterocycles. The minimum absolute atomic E-state index is 0.0374. The number of pyridine rings is 1. The zero-order valence-electron chi connectivity index (χ0n) is 19.4. The number of benzene rings is 1. The number of aryl methyl sites for hydroxylation is 2. The number of halogens is 1. The lowest BCUT2D eigenvalue weighted by Crippen LogP contribution is -2.28. The van der Waals surface area contributed by atoms with Crippen molar-refractivity contribution in [2.45, 2.75) is 50.7 Å². The van der Waals surface area contributed by atoms with E-state index in [0.29, 0.717) is 58.3 Å². The first-order valence-corrected chi connectivity index (χ1v) is 12.8. The molecule has 0 atom stereocenters. The number of H-pyrrole nitrogens is 1. The van der Waals surface area contributed by atoms with Gasteiger partial charge in [-0.25, -0.2) is 12.4 Å². The van der Waals surface area contributed by atoms with Crippen molar-refractivity contribution in [2.75, 3.05) is 7.11 Å². The van der Waals surface area contributed by atoms with E-state index in [0.717, 1.165) is 0 Å². The predicted octanol–water partition coefficient (Wildman–Crippen LogP) is 4.71. The molecule has 3 aromatic rings. The summed E-state index contributed by atoms with van der Waals surface area (Å²) in [5.74, 6) is 0.190. The zero-order valence-corrected chi connectivity index (χ0v) is 21.0. The number of ketones is 1. The molecule has 180 valence electrons. The minimum Gasteiger partial charge on any atom is -0.496 e. The summed E-state index contributed by atoms with van der Waals surface area (Å²) < 4.78 is 32.7. The Kier molecular flexibility index (Phi) is 6.25. The Labute approximate surface area is 203 Å². The number of carbonyl (C=O) groups is 1. The molecule has 1 aliphatic rings. The highest BCUT2D eigenvalue weighted by Gasteiger charge is 2.54. The summed E-state index contributed by atoms with van der Waals surface area (Å²) in [6.07, 6.45) is 4.91. The summed E-state index contributed by atoms with van der Waals surface area (Å²) in [6.45, 7) is 7.24. The topological polar surface area (TPSA) is 98.2 Å². The van der Waals surface area contributed by atoms with Gasteiger partial charge in [-0.1, -0.05) is 17.7 Å². The minimum atomic E-state index is -3.72. The molecule has 2 heterocycles. The molecule has 1 fully saturated rings. The van der Waals surface area contributed by atoms with Crippen molar-refractivity contribution >= 4 is 38.3 Å². The van der Waals surface area contributed by atoms with Gasteiger partial charge in [0, 0.05) is 34.3 Å². The van der Waals surface area contributed by atoms with Crippen molar-refractivity contribution < 1.29 is 17.9 Å². The van der Waals surface area contributed by atoms with Crippen LogP contribution in [0.3, 0.4) is 0 Å². The van der Waals surface area contributed by atoms with Crippen LogP contribution in [0.25, 0.3) is 10.9 Å². The van der Waals surface area contributed by atoms with Crippen LogP contribution >= 0.6 is 11.6 Å². The third kappa shape index (κ3) is 3.99. The maximum Gasteiger partial charge on any atom is 0.255 e. The van der Waals surface area contributed by atoms with Gasteiger partial charge in [-0.2, -0.15) is 0 Å². The summed E-state index contributed by atoms with van der Waals surface area (Å²) in [6, 6.07) is 4.85. The normalized spacial score (nSPS) is 14.8. The Hall–Kier alpha value is -2.84. The number of ether oxygens (including phenoxy) is 1. The Morgan fingerprint density at radius 1 is 1.29 bits per heavy atom. The number of nitrogens with zero attached hydrogens (tertiary/aromatic N) is 1. The van der Waals surface area contributed by atoms with Crippen molar-refractivity contribution in [1.82, 2.24) is 8.96 Å². The second kappa shape index (κ2) is 8.74. The Balaban J connectivity index is 1.75. The van der Waals surface area contributed by atoms with E-state index in [1.165, 1.54) is 11.1 Å². The van der Waals surface area contributed by atoms with Gasteiger partial charge in [0.2, 0.25) is 10.0 Å². The van der Waals surface area contributed by atoms with E-state index in [9.17, 15) is 18.0 Å². The zero-order chi connectivity index (χ0) is 24.8. The largest absolute Gasteiger partial charge is 0.496 e. The first-order valence-electron chi connectivity index (χ1n) is 11.0. The standard InChI is InChI=1S/C25H27ClN2O5S/c1-5-8-25(9-10-25)34(31,32)28-14-15(2)23-19(12-17(26)13-20(23)28)21(29)7-6-18-22(33-4)11-16(3)27-24(18)30/h5,11-14H,1,6-10H2,2-4H3,(H,27,30). The van der Waals surface area contributed by atoms with Crippen molar-refractivity contribution in [3.05, 3.63) is 74.8 Å². The molecular formula is C25H27ClN2O5S. The molecule has 0 unspecified atom stereocenters. The molecule has 34 heavy (non-hydrogen) atoms.